The van der Waals surface area contributed by atoms with Crippen molar-refractivity contribution in [2.24, 2.45) is 0 Å². The highest BCUT2D eigenvalue weighted by Gasteiger charge is 2.13. The summed E-state index contributed by atoms with van der Waals surface area (Å²) in [6.07, 6.45) is 3.70. The van der Waals surface area contributed by atoms with E-state index in [0.29, 0.717) is 18.1 Å². The molecule has 1 rings (SSSR count). The van der Waals surface area contributed by atoms with Crippen LogP contribution in [0.1, 0.15) is 44.1 Å². The van der Waals surface area contributed by atoms with Crippen molar-refractivity contribution in [1.82, 2.24) is 0 Å². The lowest BCUT2D eigenvalue weighted by molar-refractivity contribution is -0.120. The van der Waals surface area contributed by atoms with Crippen molar-refractivity contribution in [3.8, 4) is 0 Å². The number of ketones is 1. The van der Waals surface area contributed by atoms with Crippen molar-refractivity contribution >= 4 is 17.4 Å². The van der Waals surface area contributed by atoms with Crippen molar-refractivity contribution in [2.75, 3.05) is 5.88 Å². The zero-order valence-electron chi connectivity index (χ0n) is 9.79. The number of carbonyl (C=O) groups is 1. The highest BCUT2D eigenvalue weighted by atomic mass is 35.5. The first-order chi connectivity index (χ1) is 7.75. The summed E-state index contributed by atoms with van der Waals surface area (Å²) < 4.78 is 0. The quantitative estimate of drug-likeness (QED) is 0.515. The molecule has 0 aliphatic rings. The number of hydrogen-bond acceptors (Lipinski definition) is 1. The van der Waals surface area contributed by atoms with Gasteiger partial charge in [-0.3, -0.25) is 4.79 Å². The Bertz CT molecular complexity index is 308. The lowest BCUT2D eigenvalue weighted by Gasteiger charge is -2.10. The van der Waals surface area contributed by atoms with Gasteiger partial charge in [-0.2, -0.15) is 0 Å². The molecule has 0 aliphatic heterocycles. The fourth-order valence-corrected chi connectivity index (χ4v) is 1.90. The van der Waals surface area contributed by atoms with Crippen molar-refractivity contribution in [1.29, 1.82) is 0 Å². The molecule has 0 amide bonds. The Labute approximate surface area is 103 Å². The summed E-state index contributed by atoms with van der Waals surface area (Å²) in [7, 11) is 0. The first kappa shape index (κ1) is 13.2. The van der Waals surface area contributed by atoms with Crippen molar-refractivity contribution < 1.29 is 4.79 Å². The molecule has 0 N–H and O–H groups in total. The number of hydrogen-bond donors (Lipinski definition) is 0. The maximum atomic E-state index is 11.9. The van der Waals surface area contributed by atoms with Crippen LogP contribution in [0.2, 0.25) is 0 Å². The van der Waals surface area contributed by atoms with E-state index in [9.17, 15) is 4.79 Å². The summed E-state index contributed by atoms with van der Waals surface area (Å²) in [5.74, 6) is 1.06. The molecule has 1 atom stereocenters. The number of halogens is 1. The topological polar surface area (TPSA) is 17.1 Å². The number of benzene rings is 1. The first-order valence-electron chi connectivity index (χ1n) is 5.89. The van der Waals surface area contributed by atoms with Gasteiger partial charge in [-0.25, -0.2) is 0 Å². The van der Waals surface area contributed by atoms with Gasteiger partial charge in [0.25, 0.3) is 0 Å². The molecule has 0 saturated carbocycles. The summed E-state index contributed by atoms with van der Waals surface area (Å²) >= 11 is 5.59. The highest BCUT2D eigenvalue weighted by molar-refractivity contribution is 6.17. The third-order valence-electron chi connectivity index (χ3n) is 2.84. The average Bonchev–Trinajstić information content (AvgIpc) is 2.34. The number of unbranched alkanes of at least 4 members (excludes halogenated alkanes) is 2. The van der Waals surface area contributed by atoms with Gasteiger partial charge in [0.2, 0.25) is 0 Å². The molecule has 1 nitrogen and oxygen atoms in total. The molecule has 0 saturated heterocycles. The molecule has 0 heterocycles. The van der Waals surface area contributed by atoms with Crippen LogP contribution >= 0.6 is 11.6 Å². The smallest absolute Gasteiger partial charge is 0.140 e. The van der Waals surface area contributed by atoms with Gasteiger partial charge in [-0.05, 0) is 18.4 Å². The molecule has 2 heteroatoms. The minimum absolute atomic E-state index is 0.0252. The Balaban J connectivity index is 2.37. The second-order valence-corrected chi connectivity index (χ2v) is 4.48. The van der Waals surface area contributed by atoms with Crippen LogP contribution in [0, 0.1) is 0 Å². The van der Waals surface area contributed by atoms with Crippen molar-refractivity contribution in [3.63, 3.8) is 0 Å². The van der Waals surface area contributed by atoms with Gasteiger partial charge in [-0.15, -0.1) is 11.6 Å². The maximum Gasteiger partial charge on any atom is 0.140 e. The summed E-state index contributed by atoms with van der Waals surface area (Å²) in [6, 6.07) is 9.96. The fourth-order valence-electron chi connectivity index (χ4n) is 1.71. The monoisotopic (exact) mass is 238 g/mol. The van der Waals surface area contributed by atoms with Gasteiger partial charge in [-0.1, -0.05) is 43.7 Å². The van der Waals surface area contributed by atoms with E-state index in [1.807, 2.05) is 37.3 Å². The van der Waals surface area contributed by atoms with E-state index >= 15 is 0 Å². The van der Waals surface area contributed by atoms with Crippen LogP contribution in [0.25, 0.3) is 0 Å². The van der Waals surface area contributed by atoms with Crippen LogP contribution < -0.4 is 0 Å². The predicted octanol–water partition coefficient (Wildman–Crippen LogP) is 4.16. The Kier molecular flexibility index (Phi) is 6.17. The van der Waals surface area contributed by atoms with Gasteiger partial charge in [0.1, 0.15) is 5.78 Å². The normalized spacial score (nSPS) is 12.4. The van der Waals surface area contributed by atoms with Crippen LogP contribution in [0.3, 0.4) is 0 Å². The largest absolute Gasteiger partial charge is 0.299 e. The fraction of sp³-hybridized carbons (Fsp3) is 0.500. The van der Waals surface area contributed by atoms with Crippen LogP contribution in [-0.2, 0) is 4.79 Å². The molecule has 0 aromatic heterocycles. The second-order valence-electron chi connectivity index (χ2n) is 4.10. The molecule has 0 bridgehead atoms. The lowest BCUT2D eigenvalue weighted by atomic mass is 9.94. The standard InChI is InChI=1S/C14H19ClO/c1-12(13-8-4-2-5-9-13)14(16)10-6-3-7-11-15/h2,4-5,8-9,12H,3,6-7,10-11H2,1H3/t12-/m1/s1. The van der Waals surface area contributed by atoms with Crippen LogP contribution in [0.5, 0.6) is 0 Å². The Hall–Kier alpha value is -0.820. The molecule has 1 aromatic rings. The zero-order valence-corrected chi connectivity index (χ0v) is 10.5. The molecule has 0 radical (unpaired) electrons. The van der Waals surface area contributed by atoms with Crippen LogP contribution in [0.4, 0.5) is 0 Å². The molecule has 0 aliphatic carbocycles. The third-order valence-corrected chi connectivity index (χ3v) is 3.11. The summed E-state index contributed by atoms with van der Waals surface area (Å²) in [5.41, 5.74) is 1.12. The van der Waals surface area contributed by atoms with E-state index in [1.54, 1.807) is 0 Å². The van der Waals surface area contributed by atoms with Gasteiger partial charge >= 0.3 is 0 Å². The van der Waals surface area contributed by atoms with Gasteiger partial charge in [0, 0.05) is 18.2 Å². The molecule has 0 fully saturated rings. The second kappa shape index (κ2) is 7.45. The first-order valence-corrected chi connectivity index (χ1v) is 6.42. The highest BCUT2D eigenvalue weighted by Crippen LogP contribution is 2.18. The molecular weight excluding hydrogens is 220 g/mol. The van der Waals surface area contributed by atoms with E-state index in [1.165, 1.54) is 0 Å². The molecular formula is C14H19ClO. The Morgan fingerprint density at radius 1 is 1.19 bits per heavy atom. The molecule has 0 unspecified atom stereocenters. The van der Waals surface area contributed by atoms with Gasteiger partial charge in [0.05, 0.1) is 0 Å². The Morgan fingerprint density at radius 2 is 1.88 bits per heavy atom. The molecule has 0 spiro atoms. The number of alkyl halides is 1. The van der Waals surface area contributed by atoms with E-state index in [-0.39, 0.29) is 5.92 Å². The molecule has 16 heavy (non-hydrogen) atoms. The molecule has 1 aromatic carbocycles. The minimum atomic E-state index is 0.0252. The van der Waals surface area contributed by atoms with E-state index in [2.05, 4.69) is 0 Å². The van der Waals surface area contributed by atoms with Crippen LogP contribution in [0.15, 0.2) is 30.3 Å². The summed E-state index contributed by atoms with van der Waals surface area (Å²) in [6.45, 7) is 1.99. The van der Waals surface area contributed by atoms with E-state index < -0.39 is 0 Å². The number of rotatable bonds is 7. The molecule has 88 valence electrons. The summed E-state index contributed by atoms with van der Waals surface area (Å²) in [4.78, 5) is 11.9. The number of carbonyl (C=O) groups excluding carboxylic acids is 1. The van der Waals surface area contributed by atoms with E-state index in [0.717, 1.165) is 24.8 Å². The van der Waals surface area contributed by atoms with Crippen LogP contribution in [-0.4, -0.2) is 11.7 Å². The predicted molar refractivity (Wildman–Crippen MR) is 69.1 cm³/mol. The SMILES string of the molecule is C[C@@H](C(=O)CCCCCCl)c1ccccc1. The van der Waals surface area contributed by atoms with Gasteiger partial charge in [0.15, 0.2) is 0 Å². The van der Waals surface area contributed by atoms with Crippen molar-refractivity contribution in [3.05, 3.63) is 35.9 Å². The third kappa shape index (κ3) is 4.36. The van der Waals surface area contributed by atoms with Gasteiger partial charge < -0.3 is 0 Å². The average molecular weight is 239 g/mol. The maximum absolute atomic E-state index is 11.9. The Morgan fingerprint density at radius 3 is 2.50 bits per heavy atom. The van der Waals surface area contributed by atoms with E-state index in [4.69, 9.17) is 11.6 Å². The zero-order chi connectivity index (χ0) is 11.8. The lowest BCUT2D eigenvalue weighted by Crippen LogP contribution is -2.08. The number of Topliss-reactive ketones (excluding diaryl/α,β-unsaturated/α-hetero) is 1. The minimum Gasteiger partial charge on any atom is -0.299 e. The van der Waals surface area contributed by atoms with Crippen molar-refractivity contribution in [2.45, 2.75) is 38.5 Å². The summed E-state index contributed by atoms with van der Waals surface area (Å²) in [5, 5.41) is 0.